The molecule has 1 aromatic heterocycles. The van der Waals surface area contributed by atoms with Crippen LogP contribution < -0.4 is 4.74 Å². The maximum absolute atomic E-state index is 12.5. The Labute approximate surface area is 141 Å². The first-order chi connectivity index (χ1) is 11.6. The minimum atomic E-state index is -1.01. The maximum Gasteiger partial charge on any atom is 0.257 e. The zero-order chi connectivity index (χ0) is 17.0. The predicted octanol–water partition coefficient (Wildman–Crippen LogP) is 1.95. The van der Waals surface area contributed by atoms with Gasteiger partial charge < -0.3 is 14.7 Å². The fraction of sp³-hybridized carbons (Fsp3) is 0.444. The Morgan fingerprint density at radius 3 is 2.92 bits per heavy atom. The molecule has 0 radical (unpaired) electrons. The second-order valence-electron chi connectivity index (χ2n) is 6.29. The molecule has 1 N–H and O–H groups in total. The summed E-state index contributed by atoms with van der Waals surface area (Å²) in [6.45, 7) is 3.83. The van der Waals surface area contributed by atoms with Gasteiger partial charge in [-0.05, 0) is 25.0 Å². The molecule has 6 nitrogen and oxygen atoms in total. The average Bonchev–Trinajstić information content (AvgIpc) is 3.21. The van der Waals surface area contributed by atoms with Crippen molar-refractivity contribution in [1.82, 2.24) is 14.7 Å². The van der Waals surface area contributed by atoms with Crippen molar-refractivity contribution in [3.05, 3.63) is 48.3 Å². The van der Waals surface area contributed by atoms with Crippen LogP contribution in [0.3, 0.4) is 0 Å². The number of amides is 1. The van der Waals surface area contributed by atoms with Crippen LogP contribution in [0.15, 0.2) is 42.7 Å². The Morgan fingerprint density at radius 2 is 2.17 bits per heavy atom. The van der Waals surface area contributed by atoms with Gasteiger partial charge in [0.15, 0.2) is 0 Å². The second-order valence-corrected chi connectivity index (χ2v) is 6.29. The highest BCUT2D eigenvalue weighted by molar-refractivity contribution is 5.94. The number of benzene rings is 1. The zero-order valence-corrected chi connectivity index (χ0v) is 13.9. The van der Waals surface area contributed by atoms with E-state index in [0.717, 1.165) is 18.7 Å². The number of aryl methyl sites for hydroxylation is 1. The molecule has 3 rings (SSSR count). The summed E-state index contributed by atoms with van der Waals surface area (Å²) >= 11 is 0. The van der Waals surface area contributed by atoms with Gasteiger partial charge in [-0.1, -0.05) is 25.1 Å². The number of hydrogen-bond acceptors (Lipinski definition) is 4. The summed E-state index contributed by atoms with van der Waals surface area (Å²) in [6, 6.07) is 9.39. The van der Waals surface area contributed by atoms with Crippen molar-refractivity contribution in [2.24, 2.45) is 0 Å². The molecule has 1 aliphatic heterocycles. The molecule has 0 bridgehead atoms. The van der Waals surface area contributed by atoms with Gasteiger partial charge in [0.25, 0.3) is 5.91 Å². The third-order valence-electron chi connectivity index (χ3n) is 4.20. The quantitative estimate of drug-likeness (QED) is 0.879. The molecule has 2 heterocycles. The van der Waals surface area contributed by atoms with E-state index in [2.05, 4.69) is 12.0 Å². The molecule has 0 saturated carbocycles. The van der Waals surface area contributed by atoms with E-state index < -0.39 is 5.60 Å². The summed E-state index contributed by atoms with van der Waals surface area (Å²) < 4.78 is 7.43. The number of para-hydroxylation sites is 1. The van der Waals surface area contributed by atoms with Crippen molar-refractivity contribution >= 4 is 5.91 Å². The Bertz CT molecular complexity index is 686. The number of rotatable bonds is 6. The molecular formula is C18H23N3O3. The highest BCUT2D eigenvalue weighted by Gasteiger charge is 2.39. The largest absolute Gasteiger partial charge is 0.491 e. The lowest BCUT2D eigenvalue weighted by molar-refractivity contribution is 0.00431. The first-order valence-electron chi connectivity index (χ1n) is 8.32. The van der Waals surface area contributed by atoms with E-state index in [1.165, 1.54) is 0 Å². The Hall–Kier alpha value is -2.34. The molecule has 128 valence electrons. The smallest absolute Gasteiger partial charge is 0.257 e. The molecule has 1 amide bonds. The molecule has 1 fully saturated rings. The van der Waals surface area contributed by atoms with Crippen molar-refractivity contribution in [3.63, 3.8) is 0 Å². The van der Waals surface area contributed by atoms with Crippen LogP contribution in [0.25, 0.3) is 0 Å². The van der Waals surface area contributed by atoms with Crippen molar-refractivity contribution in [3.8, 4) is 5.75 Å². The van der Waals surface area contributed by atoms with Gasteiger partial charge in [-0.3, -0.25) is 9.48 Å². The van der Waals surface area contributed by atoms with E-state index in [9.17, 15) is 9.90 Å². The topological polar surface area (TPSA) is 67.6 Å². The number of carbonyl (C=O) groups is 1. The number of hydrogen-bond donors (Lipinski definition) is 1. The van der Waals surface area contributed by atoms with Crippen molar-refractivity contribution in [1.29, 1.82) is 0 Å². The van der Waals surface area contributed by atoms with Crippen LogP contribution in [-0.2, 0) is 6.54 Å². The van der Waals surface area contributed by atoms with Gasteiger partial charge in [0.1, 0.15) is 18.0 Å². The van der Waals surface area contributed by atoms with E-state index in [1.54, 1.807) is 22.0 Å². The monoisotopic (exact) mass is 329 g/mol. The molecule has 1 unspecified atom stereocenters. The summed E-state index contributed by atoms with van der Waals surface area (Å²) in [5.41, 5.74) is -0.443. The van der Waals surface area contributed by atoms with Crippen molar-refractivity contribution in [2.75, 3.05) is 19.7 Å². The first-order valence-corrected chi connectivity index (χ1v) is 8.32. The lowest BCUT2D eigenvalue weighted by Crippen LogP contribution is -2.40. The normalized spacial score (nSPS) is 20.3. The van der Waals surface area contributed by atoms with Gasteiger partial charge in [0.2, 0.25) is 0 Å². The van der Waals surface area contributed by atoms with Crippen LogP contribution >= 0.6 is 0 Å². The average molecular weight is 329 g/mol. The van der Waals surface area contributed by atoms with E-state index in [4.69, 9.17) is 4.74 Å². The fourth-order valence-electron chi connectivity index (χ4n) is 2.89. The van der Waals surface area contributed by atoms with Gasteiger partial charge in [-0.2, -0.15) is 5.10 Å². The third-order valence-corrected chi connectivity index (χ3v) is 4.20. The van der Waals surface area contributed by atoms with Crippen LogP contribution in [0, 0.1) is 0 Å². The number of aromatic nitrogens is 2. The minimum Gasteiger partial charge on any atom is -0.491 e. The van der Waals surface area contributed by atoms with Crippen molar-refractivity contribution < 1.29 is 14.6 Å². The highest BCUT2D eigenvalue weighted by atomic mass is 16.5. The molecule has 0 spiro atoms. The SMILES string of the molecule is CCCn1cc(C(=O)N2CCC(O)(COc3ccccc3)C2)cn1. The lowest BCUT2D eigenvalue weighted by Gasteiger charge is -2.23. The van der Waals surface area contributed by atoms with Gasteiger partial charge in [-0.25, -0.2) is 0 Å². The highest BCUT2D eigenvalue weighted by Crippen LogP contribution is 2.24. The lowest BCUT2D eigenvalue weighted by atomic mass is 10.1. The Kier molecular flexibility index (Phi) is 4.85. The number of aliphatic hydroxyl groups is 1. The van der Waals surface area contributed by atoms with Crippen LogP contribution in [-0.4, -0.2) is 51.0 Å². The molecular weight excluding hydrogens is 306 g/mol. The summed E-state index contributed by atoms with van der Waals surface area (Å²) in [4.78, 5) is 14.2. The molecule has 0 aliphatic carbocycles. The van der Waals surface area contributed by atoms with Crippen molar-refractivity contribution in [2.45, 2.75) is 31.9 Å². The Balaban J connectivity index is 1.58. The van der Waals surface area contributed by atoms with Crippen LogP contribution in [0.5, 0.6) is 5.75 Å². The molecule has 1 saturated heterocycles. The van der Waals surface area contributed by atoms with Gasteiger partial charge in [0, 0.05) is 19.3 Å². The summed E-state index contributed by atoms with van der Waals surface area (Å²) in [7, 11) is 0. The molecule has 1 aliphatic rings. The summed E-state index contributed by atoms with van der Waals surface area (Å²) in [5.74, 6) is 0.629. The first kappa shape index (κ1) is 16.5. The molecule has 1 atom stereocenters. The minimum absolute atomic E-state index is 0.0898. The van der Waals surface area contributed by atoms with E-state index >= 15 is 0 Å². The second kappa shape index (κ2) is 7.05. The third kappa shape index (κ3) is 3.76. The number of β-amino-alcohol motifs (C(OH)–C–C–N with tert-alkyl or cyclic N) is 1. The fourth-order valence-corrected chi connectivity index (χ4v) is 2.89. The number of likely N-dealkylation sites (tertiary alicyclic amines) is 1. The van der Waals surface area contributed by atoms with Gasteiger partial charge >= 0.3 is 0 Å². The summed E-state index contributed by atoms with van der Waals surface area (Å²) in [6.07, 6.45) is 4.84. The standard InChI is InChI=1S/C18H23N3O3/c1-2-9-21-12-15(11-19-21)17(22)20-10-8-18(23,13-20)14-24-16-6-4-3-5-7-16/h3-7,11-12,23H,2,8-10,13-14H2,1H3. The number of nitrogens with zero attached hydrogens (tertiary/aromatic N) is 3. The van der Waals surface area contributed by atoms with Crippen LogP contribution in [0.4, 0.5) is 0 Å². The molecule has 1 aromatic carbocycles. The molecule has 6 heteroatoms. The van der Waals surface area contributed by atoms with E-state index in [-0.39, 0.29) is 19.1 Å². The molecule has 24 heavy (non-hydrogen) atoms. The van der Waals surface area contributed by atoms with Crippen LogP contribution in [0.1, 0.15) is 30.1 Å². The molecule has 2 aromatic rings. The Morgan fingerprint density at radius 1 is 1.38 bits per heavy atom. The van der Waals surface area contributed by atoms with Gasteiger partial charge in [-0.15, -0.1) is 0 Å². The van der Waals surface area contributed by atoms with Gasteiger partial charge in [0.05, 0.1) is 18.3 Å². The summed E-state index contributed by atoms with van der Waals surface area (Å²) in [5, 5.41) is 14.9. The zero-order valence-electron chi connectivity index (χ0n) is 13.9. The van der Waals surface area contributed by atoms with Crippen LogP contribution in [0.2, 0.25) is 0 Å². The van der Waals surface area contributed by atoms with E-state index in [0.29, 0.717) is 18.5 Å². The predicted molar refractivity (Wildman–Crippen MR) is 89.9 cm³/mol. The number of carbonyl (C=O) groups excluding carboxylic acids is 1. The van der Waals surface area contributed by atoms with E-state index in [1.807, 2.05) is 30.3 Å². The number of ether oxygens (including phenoxy) is 1. The maximum atomic E-state index is 12.5.